The van der Waals surface area contributed by atoms with Crippen LogP contribution in [-0.4, -0.2) is 36.0 Å². The van der Waals surface area contributed by atoms with Crippen LogP contribution in [0.1, 0.15) is 27.7 Å². The van der Waals surface area contributed by atoms with Crippen molar-refractivity contribution < 1.29 is 0 Å². The van der Waals surface area contributed by atoms with Crippen LogP contribution in [0.4, 0.5) is 0 Å². The van der Waals surface area contributed by atoms with Crippen LogP contribution in [0.15, 0.2) is 12.4 Å². The summed E-state index contributed by atoms with van der Waals surface area (Å²) in [6, 6.07) is 0. The SMILES string of the molecule is CCN(C=CN(CC)CC)CC. The van der Waals surface area contributed by atoms with E-state index in [9.17, 15) is 0 Å². The standard InChI is InChI=1S/C10H22N2/c1-5-11(6-2)9-10-12(7-3)8-4/h9-10H,5-8H2,1-4H3. The van der Waals surface area contributed by atoms with E-state index in [1.807, 2.05) is 0 Å². The highest BCUT2D eigenvalue weighted by Crippen LogP contribution is 1.92. The van der Waals surface area contributed by atoms with Crippen molar-refractivity contribution in [1.29, 1.82) is 0 Å². The molecule has 0 amide bonds. The Morgan fingerprint density at radius 1 is 0.667 bits per heavy atom. The van der Waals surface area contributed by atoms with Gasteiger partial charge >= 0.3 is 0 Å². The van der Waals surface area contributed by atoms with Gasteiger partial charge in [0.25, 0.3) is 0 Å². The van der Waals surface area contributed by atoms with E-state index >= 15 is 0 Å². The zero-order valence-electron chi connectivity index (χ0n) is 8.88. The summed E-state index contributed by atoms with van der Waals surface area (Å²) in [6.45, 7) is 13.1. The van der Waals surface area contributed by atoms with Gasteiger partial charge in [-0.25, -0.2) is 0 Å². The minimum absolute atomic E-state index is 1.09. The van der Waals surface area contributed by atoms with Crippen LogP contribution in [0, 0.1) is 0 Å². The third-order valence-corrected chi connectivity index (χ3v) is 2.11. The highest BCUT2D eigenvalue weighted by atomic mass is 15.1. The minimum atomic E-state index is 1.09. The van der Waals surface area contributed by atoms with Crippen molar-refractivity contribution in [3.8, 4) is 0 Å². The monoisotopic (exact) mass is 170 g/mol. The van der Waals surface area contributed by atoms with Gasteiger partial charge in [-0.3, -0.25) is 0 Å². The van der Waals surface area contributed by atoms with E-state index in [1.54, 1.807) is 0 Å². The van der Waals surface area contributed by atoms with E-state index in [1.165, 1.54) is 0 Å². The van der Waals surface area contributed by atoms with E-state index in [4.69, 9.17) is 0 Å². The first-order chi connectivity index (χ1) is 5.78. The first kappa shape index (κ1) is 11.3. The van der Waals surface area contributed by atoms with Gasteiger partial charge in [-0.2, -0.15) is 0 Å². The largest absolute Gasteiger partial charge is 0.377 e. The van der Waals surface area contributed by atoms with Crippen molar-refractivity contribution in [3.05, 3.63) is 12.4 Å². The maximum atomic E-state index is 2.29. The lowest BCUT2D eigenvalue weighted by molar-refractivity contribution is 0.378. The van der Waals surface area contributed by atoms with Crippen LogP contribution < -0.4 is 0 Å². The van der Waals surface area contributed by atoms with Crippen molar-refractivity contribution in [3.63, 3.8) is 0 Å². The second kappa shape index (κ2) is 7.01. The Balaban J connectivity index is 3.83. The summed E-state index contributed by atoms with van der Waals surface area (Å²) in [5.74, 6) is 0. The number of hydrogen-bond acceptors (Lipinski definition) is 2. The van der Waals surface area contributed by atoms with E-state index in [0.29, 0.717) is 0 Å². The topological polar surface area (TPSA) is 6.48 Å². The third kappa shape index (κ3) is 4.27. The number of nitrogens with zero attached hydrogens (tertiary/aromatic N) is 2. The first-order valence-corrected chi connectivity index (χ1v) is 4.94. The number of hydrogen-bond donors (Lipinski definition) is 0. The molecule has 0 N–H and O–H groups in total. The summed E-state index contributed by atoms with van der Waals surface area (Å²) in [7, 11) is 0. The molecule has 0 aliphatic heterocycles. The maximum Gasteiger partial charge on any atom is 0.0152 e. The third-order valence-electron chi connectivity index (χ3n) is 2.11. The molecule has 0 radical (unpaired) electrons. The smallest absolute Gasteiger partial charge is 0.0152 e. The molecule has 0 aliphatic carbocycles. The zero-order valence-corrected chi connectivity index (χ0v) is 8.88. The zero-order chi connectivity index (χ0) is 9.40. The Labute approximate surface area is 76.9 Å². The van der Waals surface area contributed by atoms with Gasteiger partial charge in [0.2, 0.25) is 0 Å². The lowest BCUT2D eigenvalue weighted by Crippen LogP contribution is -2.20. The van der Waals surface area contributed by atoms with Crippen LogP contribution in [-0.2, 0) is 0 Å². The van der Waals surface area contributed by atoms with Gasteiger partial charge in [0.15, 0.2) is 0 Å². The summed E-state index contributed by atoms with van der Waals surface area (Å²) in [5, 5.41) is 0. The molecule has 0 bridgehead atoms. The van der Waals surface area contributed by atoms with Crippen LogP contribution in [0.5, 0.6) is 0 Å². The van der Waals surface area contributed by atoms with Crippen molar-refractivity contribution in [2.24, 2.45) is 0 Å². The van der Waals surface area contributed by atoms with Gasteiger partial charge < -0.3 is 9.80 Å². The highest BCUT2D eigenvalue weighted by molar-refractivity contribution is 4.81. The van der Waals surface area contributed by atoms with Crippen molar-refractivity contribution in [1.82, 2.24) is 9.80 Å². The molecule has 0 saturated heterocycles. The van der Waals surface area contributed by atoms with Crippen LogP contribution in [0.3, 0.4) is 0 Å². The molecule has 0 aromatic rings. The Bertz CT molecular complexity index is 99.0. The molecule has 2 heteroatoms. The molecule has 0 aromatic carbocycles. The van der Waals surface area contributed by atoms with Gasteiger partial charge in [0.05, 0.1) is 0 Å². The Kier molecular flexibility index (Phi) is 6.63. The minimum Gasteiger partial charge on any atom is -0.377 e. The molecule has 0 spiro atoms. The molecule has 0 rings (SSSR count). The molecular formula is C10H22N2. The lowest BCUT2D eigenvalue weighted by atomic mass is 10.5. The second-order valence-corrected chi connectivity index (χ2v) is 2.74. The molecule has 0 saturated carbocycles. The first-order valence-electron chi connectivity index (χ1n) is 4.94. The molecule has 0 atom stereocenters. The predicted molar refractivity (Wildman–Crippen MR) is 55.0 cm³/mol. The fourth-order valence-corrected chi connectivity index (χ4v) is 1.06. The van der Waals surface area contributed by atoms with E-state index in [0.717, 1.165) is 26.2 Å². The van der Waals surface area contributed by atoms with E-state index in [2.05, 4.69) is 49.9 Å². The Morgan fingerprint density at radius 3 is 1.08 bits per heavy atom. The van der Waals surface area contributed by atoms with Gasteiger partial charge in [-0.15, -0.1) is 0 Å². The van der Waals surface area contributed by atoms with Gasteiger partial charge in [-0.05, 0) is 27.7 Å². The van der Waals surface area contributed by atoms with Gasteiger partial charge in [-0.1, -0.05) is 0 Å². The van der Waals surface area contributed by atoms with Crippen LogP contribution in [0.2, 0.25) is 0 Å². The highest BCUT2D eigenvalue weighted by Gasteiger charge is 1.92. The average molecular weight is 170 g/mol. The van der Waals surface area contributed by atoms with Crippen LogP contribution in [0.25, 0.3) is 0 Å². The molecule has 0 unspecified atom stereocenters. The lowest BCUT2D eigenvalue weighted by Gasteiger charge is -2.19. The average Bonchev–Trinajstić information content (AvgIpc) is 2.13. The fourth-order valence-electron chi connectivity index (χ4n) is 1.06. The molecule has 0 aromatic heterocycles. The normalized spacial score (nSPS) is 10.7. The fraction of sp³-hybridized carbons (Fsp3) is 0.800. The molecule has 0 heterocycles. The van der Waals surface area contributed by atoms with Crippen molar-refractivity contribution in [2.75, 3.05) is 26.2 Å². The van der Waals surface area contributed by atoms with Crippen molar-refractivity contribution >= 4 is 0 Å². The van der Waals surface area contributed by atoms with E-state index < -0.39 is 0 Å². The quantitative estimate of drug-likeness (QED) is 0.602. The molecule has 2 nitrogen and oxygen atoms in total. The molecular weight excluding hydrogens is 148 g/mol. The van der Waals surface area contributed by atoms with Gasteiger partial charge in [0.1, 0.15) is 0 Å². The molecule has 72 valence electrons. The summed E-state index contributed by atoms with van der Waals surface area (Å²) in [6.07, 6.45) is 4.35. The van der Waals surface area contributed by atoms with E-state index in [-0.39, 0.29) is 0 Å². The maximum absolute atomic E-state index is 2.29. The Hall–Kier alpha value is -0.660. The van der Waals surface area contributed by atoms with Crippen molar-refractivity contribution in [2.45, 2.75) is 27.7 Å². The van der Waals surface area contributed by atoms with Crippen LogP contribution >= 0.6 is 0 Å². The second-order valence-electron chi connectivity index (χ2n) is 2.74. The molecule has 0 fully saturated rings. The predicted octanol–water partition coefficient (Wildman–Crippen LogP) is 2.14. The molecule has 12 heavy (non-hydrogen) atoms. The summed E-state index contributed by atoms with van der Waals surface area (Å²) in [5.41, 5.74) is 0. The molecule has 0 aliphatic rings. The summed E-state index contributed by atoms with van der Waals surface area (Å²) < 4.78 is 0. The van der Waals surface area contributed by atoms with Gasteiger partial charge in [0, 0.05) is 38.6 Å². The summed E-state index contributed by atoms with van der Waals surface area (Å²) in [4.78, 5) is 4.58. The number of rotatable bonds is 6. The summed E-state index contributed by atoms with van der Waals surface area (Å²) >= 11 is 0. The Morgan fingerprint density at radius 2 is 0.917 bits per heavy atom.